The van der Waals surface area contributed by atoms with E-state index in [0.717, 1.165) is 19.3 Å². The second kappa shape index (κ2) is 6.50. The zero-order chi connectivity index (χ0) is 13.0. The summed E-state index contributed by atoms with van der Waals surface area (Å²) in [5, 5.41) is 9.42. The van der Waals surface area contributed by atoms with E-state index < -0.39 is 0 Å². The molecule has 0 aromatic heterocycles. The van der Waals surface area contributed by atoms with E-state index in [0.29, 0.717) is 38.9 Å². The molecule has 0 aromatic rings. The molecule has 18 heavy (non-hydrogen) atoms. The van der Waals surface area contributed by atoms with Crippen LogP contribution in [-0.2, 0) is 9.53 Å². The van der Waals surface area contributed by atoms with Gasteiger partial charge in [0.05, 0.1) is 26.4 Å². The average Bonchev–Trinajstić information content (AvgIpc) is 2.42. The lowest BCUT2D eigenvalue weighted by Gasteiger charge is -2.40. The maximum Gasteiger partial charge on any atom is 0.236 e. The van der Waals surface area contributed by atoms with Crippen molar-refractivity contribution in [1.82, 2.24) is 9.80 Å². The van der Waals surface area contributed by atoms with Gasteiger partial charge < -0.3 is 14.7 Å². The van der Waals surface area contributed by atoms with E-state index in [1.54, 1.807) is 0 Å². The van der Waals surface area contributed by atoms with Crippen LogP contribution in [0.25, 0.3) is 0 Å². The number of aliphatic hydroxyl groups excluding tert-OH is 1. The average molecular weight is 256 g/mol. The lowest BCUT2D eigenvalue weighted by Crippen LogP contribution is -2.53. The van der Waals surface area contributed by atoms with Crippen molar-refractivity contribution < 1.29 is 14.6 Å². The third kappa shape index (κ3) is 3.22. The number of amides is 1. The lowest BCUT2D eigenvalue weighted by molar-refractivity contribution is -0.138. The van der Waals surface area contributed by atoms with Gasteiger partial charge in [-0.1, -0.05) is 6.42 Å². The molecule has 2 aliphatic heterocycles. The lowest BCUT2D eigenvalue weighted by atomic mass is 9.97. The second-order valence-corrected chi connectivity index (χ2v) is 5.28. The standard InChI is InChI=1S/C13H24N2O3/c1-11-3-2-4-12(10-16)15(11)9-13(17)14-5-7-18-8-6-14/h11-12,16H,2-10H2,1H3. The molecule has 1 N–H and O–H groups in total. The highest BCUT2D eigenvalue weighted by atomic mass is 16.5. The van der Waals surface area contributed by atoms with Gasteiger partial charge in [0.2, 0.25) is 5.91 Å². The molecule has 2 atom stereocenters. The first-order valence-corrected chi connectivity index (χ1v) is 6.94. The van der Waals surface area contributed by atoms with Gasteiger partial charge in [-0.05, 0) is 19.8 Å². The SMILES string of the molecule is CC1CCCC(CO)N1CC(=O)N1CCOCC1. The fraction of sp³-hybridized carbons (Fsp3) is 0.923. The Balaban J connectivity index is 1.90. The molecule has 5 nitrogen and oxygen atoms in total. The Labute approximate surface area is 109 Å². The summed E-state index contributed by atoms with van der Waals surface area (Å²) in [6, 6.07) is 0.541. The van der Waals surface area contributed by atoms with Crippen LogP contribution < -0.4 is 0 Å². The monoisotopic (exact) mass is 256 g/mol. The van der Waals surface area contributed by atoms with Crippen LogP contribution in [0.4, 0.5) is 0 Å². The molecular formula is C13H24N2O3. The van der Waals surface area contributed by atoms with Gasteiger partial charge in [0.15, 0.2) is 0 Å². The van der Waals surface area contributed by atoms with Gasteiger partial charge in [-0.25, -0.2) is 0 Å². The molecule has 0 saturated carbocycles. The van der Waals surface area contributed by atoms with Crippen LogP contribution in [-0.4, -0.2) is 72.4 Å². The summed E-state index contributed by atoms with van der Waals surface area (Å²) in [5.41, 5.74) is 0. The van der Waals surface area contributed by atoms with Crippen LogP contribution in [0.1, 0.15) is 26.2 Å². The fourth-order valence-corrected chi connectivity index (χ4v) is 2.89. The van der Waals surface area contributed by atoms with E-state index in [9.17, 15) is 9.90 Å². The van der Waals surface area contributed by atoms with Gasteiger partial charge in [0.1, 0.15) is 0 Å². The molecule has 2 fully saturated rings. The Morgan fingerprint density at radius 3 is 2.72 bits per heavy atom. The molecule has 0 aromatic carbocycles. The number of piperidine rings is 1. The molecule has 0 spiro atoms. The molecule has 5 heteroatoms. The van der Waals surface area contributed by atoms with Gasteiger partial charge in [-0.3, -0.25) is 9.69 Å². The number of likely N-dealkylation sites (tertiary alicyclic amines) is 1. The van der Waals surface area contributed by atoms with Crippen molar-refractivity contribution in [3.8, 4) is 0 Å². The van der Waals surface area contributed by atoms with Gasteiger partial charge >= 0.3 is 0 Å². The zero-order valence-corrected chi connectivity index (χ0v) is 11.2. The van der Waals surface area contributed by atoms with Gasteiger partial charge in [-0.2, -0.15) is 0 Å². The van der Waals surface area contributed by atoms with Crippen LogP contribution >= 0.6 is 0 Å². The summed E-state index contributed by atoms with van der Waals surface area (Å²) >= 11 is 0. The first kappa shape index (κ1) is 13.8. The molecule has 0 bridgehead atoms. The number of hydrogen-bond acceptors (Lipinski definition) is 4. The predicted octanol–water partition coefficient (Wildman–Crippen LogP) is 0.0805. The molecule has 104 valence electrons. The Kier molecular flexibility index (Phi) is 4.97. The van der Waals surface area contributed by atoms with Crippen molar-refractivity contribution in [2.75, 3.05) is 39.5 Å². The Morgan fingerprint density at radius 2 is 2.06 bits per heavy atom. The minimum Gasteiger partial charge on any atom is -0.395 e. The number of carbonyl (C=O) groups is 1. The topological polar surface area (TPSA) is 53.0 Å². The number of hydrogen-bond donors (Lipinski definition) is 1. The summed E-state index contributed by atoms with van der Waals surface area (Å²) in [6.07, 6.45) is 3.26. The van der Waals surface area contributed by atoms with Crippen molar-refractivity contribution in [3.63, 3.8) is 0 Å². The molecule has 2 unspecified atom stereocenters. The number of aliphatic hydroxyl groups is 1. The van der Waals surface area contributed by atoms with E-state index in [2.05, 4.69) is 11.8 Å². The molecule has 1 amide bonds. The highest BCUT2D eigenvalue weighted by Crippen LogP contribution is 2.22. The Morgan fingerprint density at radius 1 is 1.33 bits per heavy atom. The second-order valence-electron chi connectivity index (χ2n) is 5.28. The van der Waals surface area contributed by atoms with Crippen LogP contribution in [0.15, 0.2) is 0 Å². The van der Waals surface area contributed by atoms with Crippen LogP contribution in [0.5, 0.6) is 0 Å². The number of ether oxygens (including phenoxy) is 1. The summed E-state index contributed by atoms with van der Waals surface area (Å²) in [7, 11) is 0. The number of nitrogens with zero attached hydrogens (tertiary/aromatic N) is 2. The maximum atomic E-state index is 12.2. The third-order valence-electron chi connectivity index (χ3n) is 4.09. The third-order valence-corrected chi connectivity index (χ3v) is 4.09. The number of carbonyl (C=O) groups excluding carboxylic acids is 1. The van der Waals surface area contributed by atoms with Gasteiger partial charge in [-0.15, -0.1) is 0 Å². The highest BCUT2D eigenvalue weighted by Gasteiger charge is 2.30. The Hall–Kier alpha value is -0.650. The highest BCUT2D eigenvalue weighted by molar-refractivity contribution is 5.78. The fourth-order valence-electron chi connectivity index (χ4n) is 2.89. The van der Waals surface area contributed by atoms with Crippen LogP contribution in [0.2, 0.25) is 0 Å². The summed E-state index contributed by atoms with van der Waals surface area (Å²) in [4.78, 5) is 16.3. The van der Waals surface area contributed by atoms with E-state index >= 15 is 0 Å². The van der Waals surface area contributed by atoms with Gasteiger partial charge in [0, 0.05) is 25.2 Å². The van der Waals surface area contributed by atoms with Crippen molar-refractivity contribution in [3.05, 3.63) is 0 Å². The zero-order valence-electron chi connectivity index (χ0n) is 11.2. The minimum atomic E-state index is 0.152. The first-order chi connectivity index (χ1) is 8.72. The summed E-state index contributed by atoms with van der Waals surface area (Å²) < 4.78 is 5.26. The smallest absolute Gasteiger partial charge is 0.236 e. The molecule has 2 saturated heterocycles. The minimum absolute atomic E-state index is 0.152. The Bertz CT molecular complexity index is 279. The maximum absolute atomic E-state index is 12.2. The largest absolute Gasteiger partial charge is 0.395 e. The van der Waals surface area contributed by atoms with E-state index in [1.165, 1.54) is 0 Å². The number of morpholine rings is 1. The molecule has 2 rings (SSSR count). The normalized spacial score (nSPS) is 30.4. The quantitative estimate of drug-likeness (QED) is 0.777. The van der Waals surface area contributed by atoms with Crippen molar-refractivity contribution in [2.45, 2.75) is 38.3 Å². The molecule has 0 aliphatic carbocycles. The van der Waals surface area contributed by atoms with E-state index in [4.69, 9.17) is 4.74 Å². The van der Waals surface area contributed by atoms with Crippen LogP contribution in [0.3, 0.4) is 0 Å². The van der Waals surface area contributed by atoms with E-state index in [-0.39, 0.29) is 18.6 Å². The molecular weight excluding hydrogens is 232 g/mol. The molecule has 2 aliphatic rings. The van der Waals surface area contributed by atoms with Crippen molar-refractivity contribution >= 4 is 5.91 Å². The van der Waals surface area contributed by atoms with Gasteiger partial charge in [0.25, 0.3) is 0 Å². The van der Waals surface area contributed by atoms with Crippen molar-refractivity contribution in [2.24, 2.45) is 0 Å². The predicted molar refractivity (Wildman–Crippen MR) is 68.3 cm³/mol. The number of rotatable bonds is 3. The van der Waals surface area contributed by atoms with Crippen LogP contribution in [0, 0.1) is 0 Å². The molecule has 2 heterocycles. The van der Waals surface area contributed by atoms with Crippen molar-refractivity contribution in [1.29, 1.82) is 0 Å². The van der Waals surface area contributed by atoms with E-state index in [1.807, 2.05) is 4.90 Å². The summed E-state index contributed by atoms with van der Waals surface area (Å²) in [5.74, 6) is 0.172. The first-order valence-electron chi connectivity index (χ1n) is 6.94. The molecule has 0 radical (unpaired) electrons. The summed E-state index contributed by atoms with van der Waals surface area (Å²) in [6.45, 7) is 5.42.